The molecule has 5 N–H and O–H groups in total. The van der Waals surface area contributed by atoms with Crippen molar-refractivity contribution < 1.29 is 39.1 Å². The molecule has 9 atom stereocenters. The van der Waals surface area contributed by atoms with Crippen LogP contribution in [0.2, 0.25) is 0 Å². The van der Waals surface area contributed by atoms with Gasteiger partial charge >= 0.3 is 0 Å². The average Bonchev–Trinajstić information content (AvgIpc) is 2.89. The number of pyridine rings is 1. The standard InChI is InChI=1S/C27H30N2O9/c1-9-5-10-6-11-7-14-18-19(15(11)21(31)16(10)27(34)29(9)28)23(33)26-20(25(18)37-8-36-14)22(32)17-12(30)3-4-13(35-2)24(17)38-26/h5-6,12-14,18-20,23,25-26,30-31,33H,3-4,7-8,28H2,1-2H3/t12-,13+,14+,18?,19?,20?,23?,25?,26?/m0/s1. The first-order valence-corrected chi connectivity index (χ1v) is 13.0. The van der Waals surface area contributed by atoms with Gasteiger partial charge in [-0.1, -0.05) is 6.07 Å². The lowest BCUT2D eigenvalue weighted by Gasteiger charge is -2.57. The monoisotopic (exact) mass is 526 g/mol. The lowest BCUT2D eigenvalue weighted by molar-refractivity contribution is -0.268. The first-order chi connectivity index (χ1) is 18.2. The van der Waals surface area contributed by atoms with E-state index < -0.39 is 53.8 Å². The Kier molecular flexibility index (Phi) is 5.25. The Hall–Kier alpha value is -2.96. The maximum absolute atomic E-state index is 13.9. The average molecular weight is 527 g/mol. The quantitative estimate of drug-likeness (QED) is 0.375. The number of aliphatic hydroxyl groups excluding tert-OH is 2. The number of phenolic OH excluding ortho intramolecular Hbond substituents is 1. The maximum atomic E-state index is 13.9. The molecule has 1 saturated carbocycles. The van der Waals surface area contributed by atoms with E-state index in [0.717, 1.165) is 10.2 Å². The molecule has 1 aromatic heterocycles. The van der Waals surface area contributed by atoms with Crippen LogP contribution in [0.25, 0.3) is 10.8 Å². The lowest BCUT2D eigenvalue weighted by atomic mass is 9.57. The molecule has 0 radical (unpaired) electrons. The van der Waals surface area contributed by atoms with E-state index in [1.54, 1.807) is 13.0 Å². The van der Waals surface area contributed by atoms with Crippen molar-refractivity contribution in [3.05, 3.63) is 50.6 Å². The van der Waals surface area contributed by atoms with Crippen LogP contribution in [0, 0.1) is 18.8 Å². The summed E-state index contributed by atoms with van der Waals surface area (Å²) in [6.45, 7) is 1.67. The molecule has 3 aliphatic carbocycles. The van der Waals surface area contributed by atoms with Crippen LogP contribution in [0.1, 0.15) is 35.6 Å². The van der Waals surface area contributed by atoms with E-state index in [-0.39, 0.29) is 41.1 Å². The summed E-state index contributed by atoms with van der Waals surface area (Å²) in [5.41, 5.74) is 1.35. The lowest BCUT2D eigenvalue weighted by Crippen LogP contribution is -2.66. The number of aryl methyl sites for hydroxylation is 1. The van der Waals surface area contributed by atoms with E-state index in [9.17, 15) is 24.9 Å². The van der Waals surface area contributed by atoms with Gasteiger partial charge in [0.2, 0.25) is 0 Å². The molecule has 1 saturated heterocycles. The highest BCUT2D eigenvalue weighted by atomic mass is 16.7. The summed E-state index contributed by atoms with van der Waals surface area (Å²) in [6.07, 6.45) is -3.57. The predicted molar refractivity (Wildman–Crippen MR) is 132 cm³/mol. The van der Waals surface area contributed by atoms with Gasteiger partial charge in [-0.3, -0.25) is 9.59 Å². The Labute approximate surface area is 217 Å². The van der Waals surface area contributed by atoms with Crippen LogP contribution in [0.4, 0.5) is 0 Å². The fraction of sp³-hybridized carbons (Fsp3) is 0.556. The number of Topliss-reactive ketones (excluding diaryl/α,β-unsaturated/α-hetero) is 1. The normalized spacial score (nSPS) is 37.7. The number of nitrogens with zero attached hydrogens (tertiary/aromatic N) is 1. The number of phenols is 1. The fourth-order valence-corrected chi connectivity index (χ4v) is 7.58. The van der Waals surface area contributed by atoms with E-state index >= 15 is 0 Å². The number of ketones is 1. The van der Waals surface area contributed by atoms with Crippen LogP contribution in [0.3, 0.4) is 0 Å². The van der Waals surface area contributed by atoms with Crippen molar-refractivity contribution in [1.82, 2.24) is 4.68 Å². The Bertz CT molecular complexity index is 1460. The number of carbonyl (C=O) groups excluding carboxylic acids is 1. The second kappa shape index (κ2) is 8.27. The number of methoxy groups -OCH3 is 1. The number of benzene rings is 1. The van der Waals surface area contributed by atoms with Gasteiger partial charge in [-0.15, -0.1) is 0 Å². The third kappa shape index (κ3) is 3.02. The van der Waals surface area contributed by atoms with Crippen molar-refractivity contribution in [2.24, 2.45) is 11.8 Å². The Morgan fingerprint density at radius 1 is 1.11 bits per heavy atom. The molecule has 7 rings (SSSR count). The van der Waals surface area contributed by atoms with Gasteiger partial charge in [0, 0.05) is 30.2 Å². The molecule has 0 spiro atoms. The summed E-state index contributed by atoms with van der Waals surface area (Å²) >= 11 is 0. The number of ether oxygens (including phenoxy) is 4. The van der Waals surface area contributed by atoms with Crippen LogP contribution < -0.4 is 11.4 Å². The molecular weight excluding hydrogens is 496 g/mol. The second-order valence-electron chi connectivity index (χ2n) is 11.0. The van der Waals surface area contributed by atoms with Gasteiger partial charge in [0.05, 0.1) is 41.3 Å². The smallest absolute Gasteiger partial charge is 0.280 e. The molecule has 2 fully saturated rings. The number of nitrogens with two attached hydrogens (primary N) is 1. The molecular formula is C27H30N2O9. The second-order valence-corrected chi connectivity index (χ2v) is 11.0. The van der Waals surface area contributed by atoms with E-state index in [1.165, 1.54) is 7.11 Å². The van der Waals surface area contributed by atoms with Crippen molar-refractivity contribution in [1.29, 1.82) is 0 Å². The molecule has 11 heteroatoms. The van der Waals surface area contributed by atoms with Gasteiger partial charge < -0.3 is 40.1 Å². The highest BCUT2D eigenvalue weighted by molar-refractivity contribution is 6.00. The minimum atomic E-state index is -1.24. The molecule has 1 aromatic carbocycles. The highest BCUT2D eigenvalue weighted by Gasteiger charge is 2.63. The molecule has 0 bridgehead atoms. The molecule has 6 unspecified atom stereocenters. The summed E-state index contributed by atoms with van der Waals surface area (Å²) in [5, 5.41) is 34.7. The zero-order valence-electron chi connectivity index (χ0n) is 21.0. The minimum Gasteiger partial charge on any atom is -0.507 e. The molecule has 202 valence electrons. The van der Waals surface area contributed by atoms with Crippen LogP contribution in [0.15, 0.2) is 28.3 Å². The van der Waals surface area contributed by atoms with Gasteiger partial charge in [-0.2, -0.15) is 0 Å². The van der Waals surface area contributed by atoms with Crippen molar-refractivity contribution in [2.75, 3.05) is 19.7 Å². The van der Waals surface area contributed by atoms with Crippen LogP contribution in [0.5, 0.6) is 5.75 Å². The highest BCUT2D eigenvalue weighted by Crippen LogP contribution is 2.56. The summed E-state index contributed by atoms with van der Waals surface area (Å²) in [7, 11) is 1.51. The Balaban J connectivity index is 1.42. The van der Waals surface area contributed by atoms with Crippen molar-refractivity contribution >= 4 is 16.6 Å². The summed E-state index contributed by atoms with van der Waals surface area (Å²) in [4.78, 5) is 27.0. The number of rotatable bonds is 1. The van der Waals surface area contributed by atoms with E-state index in [4.69, 9.17) is 24.8 Å². The third-order valence-electron chi connectivity index (χ3n) is 9.28. The molecule has 0 amide bonds. The first kappa shape index (κ1) is 24.1. The molecule has 2 aromatic rings. The summed E-state index contributed by atoms with van der Waals surface area (Å²) in [6, 6.07) is 3.58. The molecule has 5 aliphatic rings. The number of aromatic nitrogens is 1. The van der Waals surface area contributed by atoms with E-state index in [1.807, 2.05) is 6.07 Å². The van der Waals surface area contributed by atoms with Gasteiger partial charge in [-0.05, 0) is 43.2 Å². The van der Waals surface area contributed by atoms with Gasteiger partial charge in [0.15, 0.2) is 5.78 Å². The number of carbonyl (C=O) groups is 1. The minimum absolute atomic E-state index is 0.0355. The zero-order chi connectivity index (χ0) is 26.6. The summed E-state index contributed by atoms with van der Waals surface area (Å²) in [5.74, 6) is 3.54. The molecule has 2 aliphatic heterocycles. The van der Waals surface area contributed by atoms with Crippen LogP contribution >= 0.6 is 0 Å². The van der Waals surface area contributed by atoms with E-state index in [0.29, 0.717) is 35.9 Å². The van der Waals surface area contributed by atoms with E-state index in [2.05, 4.69) is 0 Å². The fourth-order valence-electron chi connectivity index (χ4n) is 7.58. The van der Waals surface area contributed by atoms with Gasteiger partial charge in [-0.25, -0.2) is 4.68 Å². The number of aromatic hydroxyl groups is 1. The molecule has 11 nitrogen and oxygen atoms in total. The van der Waals surface area contributed by atoms with Crippen molar-refractivity contribution in [3.8, 4) is 5.75 Å². The van der Waals surface area contributed by atoms with Crippen LogP contribution in [-0.2, 0) is 30.2 Å². The number of hydrogen-bond acceptors (Lipinski definition) is 10. The molecule has 3 heterocycles. The van der Waals surface area contributed by atoms with Gasteiger partial charge in [0.1, 0.15) is 30.5 Å². The maximum Gasteiger partial charge on any atom is 0.280 e. The Morgan fingerprint density at radius 2 is 1.89 bits per heavy atom. The van der Waals surface area contributed by atoms with Crippen LogP contribution in [-0.4, -0.2) is 76.3 Å². The largest absolute Gasteiger partial charge is 0.507 e. The number of hydrogen-bond donors (Lipinski definition) is 4. The SMILES string of the molecule is CO[C@@H]1CC[C@H](O)C2=C1OC1C(O)C3c4c(cc5cc(C)n(N)c(=O)c5c4O)C[C@H]4OCOC(C1C2=O)C34. The predicted octanol–water partition coefficient (Wildman–Crippen LogP) is 0.109. The molecule has 38 heavy (non-hydrogen) atoms. The first-order valence-electron chi connectivity index (χ1n) is 13.0. The summed E-state index contributed by atoms with van der Waals surface area (Å²) < 4.78 is 24.9. The van der Waals surface area contributed by atoms with Crippen molar-refractivity contribution in [3.63, 3.8) is 0 Å². The number of fused-ring (bicyclic) bond motifs is 5. The zero-order valence-corrected chi connectivity index (χ0v) is 21.0. The number of nitrogen functional groups attached to an aromatic ring is 1. The third-order valence-corrected chi connectivity index (χ3v) is 9.28. The topological polar surface area (TPSA) is 163 Å². The van der Waals surface area contributed by atoms with Crippen molar-refractivity contribution in [2.45, 2.75) is 68.7 Å². The Morgan fingerprint density at radius 3 is 2.66 bits per heavy atom. The number of aliphatic hydroxyl groups is 2. The van der Waals surface area contributed by atoms with Gasteiger partial charge in [0.25, 0.3) is 5.56 Å².